The van der Waals surface area contributed by atoms with Gasteiger partial charge in [0.15, 0.2) is 0 Å². The van der Waals surface area contributed by atoms with Crippen LogP contribution in [0.1, 0.15) is 21.7 Å². The highest BCUT2D eigenvalue weighted by atomic mass is 35.5. The summed E-state index contributed by atoms with van der Waals surface area (Å²) in [5.74, 6) is -0.285. The summed E-state index contributed by atoms with van der Waals surface area (Å²) in [7, 11) is 0. The summed E-state index contributed by atoms with van der Waals surface area (Å²) in [5, 5.41) is 9.91. The molecule has 5 nitrogen and oxygen atoms in total. The van der Waals surface area contributed by atoms with E-state index in [1.54, 1.807) is 18.2 Å². The van der Waals surface area contributed by atoms with Crippen LogP contribution in [0.15, 0.2) is 18.2 Å². The van der Waals surface area contributed by atoms with E-state index in [1.807, 2.05) is 13.8 Å². The number of hydrogen-bond acceptors (Lipinski definition) is 3. The number of aromatic amines is 1. The molecule has 0 saturated carbocycles. The minimum absolute atomic E-state index is 0.285. The number of carbonyl (C=O) groups excluding carboxylic acids is 1. The molecule has 0 unspecified atom stereocenters. The number of anilines is 2. The molecule has 1 aromatic heterocycles. The molecule has 0 saturated heterocycles. The number of aryl methyl sites for hydroxylation is 2. The fraction of sp³-hybridized carbons (Fsp3) is 0.167. The average molecular weight is 265 g/mol. The zero-order valence-electron chi connectivity index (χ0n) is 10.0. The first-order valence-electron chi connectivity index (χ1n) is 5.37. The Hall–Kier alpha value is -2.01. The number of rotatable bonds is 2. The SMILES string of the molecule is Cc1n[nH]c(C)c1NC(=O)c1ccc(N)cc1Cl. The van der Waals surface area contributed by atoms with Crippen molar-refractivity contribution in [2.75, 3.05) is 11.1 Å². The molecule has 0 bridgehead atoms. The maximum Gasteiger partial charge on any atom is 0.257 e. The van der Waals surface area contributed by atoms with E-state index in [1.165, 1.54) is 0 Å². The Bertz CT molecular complexity index is 587. The van der Waals surface area contributed by atoms with Gasteiger partial charge >= 0.3 is 0 Å². The molecule has 0 aliphatic carbocycles. The highest BCUT2D eigenvalue weighted by molar-refractivity contribution is 6.34. The molecule has 0 spiro atoms. The molecule has 0 aliphatic rings. The molecule has 1 heterocycles. The molecule has 0 radical (unpaired) electrons. The third kappa shape index (κ3) is 2.31. The van der Waals surface area contributed by atoms with Gasteiger partial charge in [0.05, 0.1) is 27.7 Å². The molecule has 2 aromatic rings. The number of H-pyrrole nitrogens is 1. The lowest BCUT2D eigenvalue weighted by Crippen LogP contribution is -2.13. The first-order chi connectivity index (χ1) is 8.49. The summed E-state index contributed by atoms with van der Waals surface area (Å²) in [4.78, 5) is 12.1. The van der Waals surface area contributed by atoms with Crippen LogP contribution in [-0.2, 0) is 0 Å². The molecule has 1 aromatic carbocycles. The fourth-order valence-electron chi connectivity index (χ4n) is 1.63. The van der Waals surface area contributed by atoms with Gasteiger partial charge < -0.3 is 11.1 Å². The number of aromatic nitrogens is 2. The van der Waals surface area contributed by atoms with Crippen LogP contribution in [0.3, 0.4) is 0 Å². The Labute approximate surface area is 109 Å². The van der Waals surface area contributed by atoms with Gasteiger partial charge in [0, 0.05) is 5.69 Å². The van der Waals surface area contributed by atoms with Gasteiger partial charge in [-0.2, -0.15) is 5.10 Å². The highest BCUT2D eigenvalue weighted by Gasteiger charge is 2.14. The van der Waals surface area contributed by atoms with Crippen molar-refractivity contribution in [3.05, 3.63) is 40.2 Å². The van der Waals surface area contributed by atoms with E-state index in [9.17, 15) is 4.79 Å². The predicted octanol–water partition coefficient (Wildman–Crippen LogP) is 2.51. The van der Waals surface area contributed by atoms with Crippen LogP contribution < -0.4 is 11.1 Å². The quantitative estimate of drug-likeness (QED) is 0.729. The molecular formula is C12H13ClN4O. The van der Waals surface area contributed by atoms with Crippen molar-refractivity contribution in [1.29, 1.82) is 0 Å². The maximum atomic E-state index is 12.1. The van der Waals surface area contributed by atoms with Gasteiger partial charge in [-0.1, -0.05) is 11.6 Å². The van der Waals surface area contributed by atoms with Crippen LogP contribution in [-0.4, -0.2) is 16.1 Å². The Morgan fingerprint density at radius 2 is 2.17 bits per heavy atom. The van der Waals surface area contributed by atoms with Crippen molar-refractivity contribution >= 4 is 28.9 Å². The zero-order valence-corrected chi connectivity index (χ0v) is 10.8. The Morgan fingerprint density at radius 1 is 1.44 bits per heavy atom. The average Bonchev–Trinajstić information content (AvgIpc) is 2.60. The lowest BCUT2D eigenvalue weighted by Gasteiger charge is -2.07. The monoisotopic (exact) mass is 264 g/mol. The second-order valence-corrected chi connectivity index (χ2v) is 4.41. The number of nitrogen functional groups attached to an aromatic ring is 1. The van der Waals surface area contributed by atoms with E-state index < -0.39 is 0 Å². The number of amides is 1. The van der Waals surface area contributed by atoms with Gasteiger partial charge in [-0.3, -0.25) is 9.89 Å². The van der Waals surface area contributed by atoms with Crippen molar-refractivity contribution in [3.63, 3.8) is 0 Å². The van der Waals surface area contributed by atoms with E-state index in [-0.39, 0.29) is 5.91 Å². The Balaban J connectivity index is 2.28. The van der Waals surface area contributed by atoms with Crippen LogP contribution in [0.25, 0.3) is 0 Å². The lowest BCUT2D eigenvalue weighted by atomic mass is 10.2. The topological polar surface area (TPSA) is 83.8 Å². The summed E-state index contributed by atoms with van der Waals surface area (Å²) < 4.78 is 0. The van der Waals surface area contributed by atoms with Crippen LogP contribution in [0.4, 0.5) is 11.4 Å². The second-order valence-electron chi connectivity index (χ2n) is 4.00. The predicted molar refractivity (Wildman–Crippen MR) is 71.9 cm³/mol. The fourth-order valence-corrected chi connectivity index (χ4v) is 1.91. The molecular weight excluding hydrogens is 252 g/mol. The molecule has 94 valence electrons. The van der Waals surface area contributed by atoms with Gasteiger partial charge in [-0.05, 0) is 32.0 Å². The zero-order chi connectivity index (χ0) is 13.3. The Kier molecular flexibility index (Phi) is 3.25. The molecule has 6 heteroatoms. The van der Waals surface area contributed by atoms with Crippen molar-refractivity contribution < 1.29 is 4.79 Å². The van der Waals surface area contributed by atoms with E-state index in [0.29, 0.717) is 22.0 Å². The number of nitrogens with zero attached hydrogens (tertiary/aromatic N) is 1. The maximum absolute atomic E-state index is 12.1. The number of carbonyl (C=O) groups is 1. The van der Waals surface area contributed by atoms with Crippen molar-refractivity contribution in [2.24, 2.45) is 0 Å². The molecule has 0 fully saturated rings. The van der Waals surface area contributed by atoms with E-state index in [2.05, 4.69) is 15.5 Å². The summed E-state index contributed by atoms with van der Waals surface area (Å²) in [6, 6.07) is 4.78. The van der Waals surface area contributed by atoms with Crippen molar-refractivity contribution in [3.8, 4) is 0 Å². The minimum Gasteiger partial charge on any atom is -0.399 e. The number of nitrogens with two attached hydrogens (primary N) is 1. The van der Waals surface area contributed by atoms with Crippen LogP contribution >= 0.6 is 11.6 Å². The number of hydrogen-bond donors (Lipinski definition) is 3. The number of nitrogens with one attached hydrogen (secondary N) is 2. The molecule has 18 heavy (non-hydrogen) atoms. The second kappa shape index (κ2) is 4.70. The van der Waals surface area contributed by atoms with Gasteiger partial charge in [-0.15, -0.1) is 0 Å². The summed E-state index contributed by atoms with van der Waals surface area (Å²) >= 11 is 5.98. The van der Waals surface area contributed by atoms with Gasteiger partial charge in [-0.25, -0.2) is 0 Å². The van der Waals surface area contributed by atoms with Gasteiger partial charge in [0.2, 0.25) is 0 Å². The first-order valence-corrected chi connectivity index (χ1v) is 5.74. The molecule has 4 N–H and O–H groups in total. The standard InChI is InChI=1S/C12H13ClN4O/c1-6-11(7(2)17-16-6)15-12(18)9-4-3-8(14)5-10(9)13/h3-5H,14H2,1-2H3,(H,15,18)(H,16,17). The van der Waals surface area contributed by atoms with E-state index in [4.69, 9.17) is 17.3 Å². The highest BCUT2D eigenvalue weighted by Crippen LogP contribution is 2.22. The van der Waals surface area contributed by atoms with Crippen LogP contribution in [0.5, 0.6) is 0 Å². The smallest absolute Gasteiger partial charge is 0.257 e. The molecule has 1 amide bonds. The third-order valence-electron chi connectivity index (χ3n) is 2.60. The van der Waals surface area contributed by atoms with Crippen LogP contribution in [0, 0.1) is 13.8 Å². The van der Waals surface area contributed by atoms with Gasteiger partial charge in [0.1, 0.15) is 0 Å². The van der Waals surface area contributed by atoms with Crippen molar-refractivity contribution in [1.82, 2.24) is 10.2 Å². The normalized spacial score (nSPS) is 10.4. The number of benzene rings is 1. The third-order valence-corrected chi connectivity index (χ3v) is 2.92. The van der Waals surface area contributed by atoms with E-state index >= 15 is 0 Å². The molecule has 0 atom stereocenters. The number of halogens is 1. The molecule has 0 aliphatic heterocycles. The minimum atomic E-state index is -0.285. The van der Waals surface area contributed by atoms with Crippen LogP contribution in [0.2, 0.25) is 5.02 Å². The first kappa shape index (κ1) is 12.4. The Morgan fingerprint density at radius 3 is 2.72 bits per heavy atom. The van der Waals surface area contributed by atoms with Gasteiger partial charge in [0.25, 0.3) is 5.91 Å². The van der Waals surface area contributed by atoms with Crippen molar-refractivity contribution in [2.45, 2.75) is 13.8 Å². The largest absolute Gasteiger partial charge is 0.399 e. The summed E-state index contributed by atoms with van der Waals surface area (Å²) in [6.07, 6.45) is 0. The molecule has 2 rings (SSSR count). The lowest BCUT2D eigenvalue weighted by molar-refractivity contribution is 0.102. The summed E-state index contributed by atoms with van der Waals surface area (Å²) in [5.41, 5.74) is 8.68. The summed E-state index contributed by atoms with van der Waals surface area (Å²) in [6.45, 7) is 3.64. The van der Waals surface area contributed by atoms with E-state index in [0.717, 1.165) is 11.4 Å².